The minimum absolute atomic E-state index is 0.678. The fourth-order valence-electron chi connectivity index (χ4n) is 3.50. The Morgan fingerprint density at radius 3 is 1.96 bits per heavy atom. The monoisotopic (exact) mass is 516 g/mol. The van der Waals surface area contributed by atoms with E-state index < -0.39 is 18.4 Å². The number of halogens is 1. The van der Waals surface area contributed by atoms with Crippen LogP contribution in [0.25, 0.3) is 0 Å². The van der Waals surface area contributed by atoms with Crippen LogP contribution in [0, 0.1) is 0 Å². The molecule has 0 spiro atoms. The first-order chi connectivity index (χ1) is 12.1. The van der Waals surface area contributed by atoms with Crippen LogP contribution in [-0.2, 0) is 11.3 Å². The number of hydrogen-bond donors (Lipinski definition) is 0. The van der Waals surface area contributed by atoms with Gasteiger partial charge in [0.25, 0.3) is 0 Å². The second kappa shape index (κ2) is 13.4. The number of ether oxygens (including phenoxy) is 1. The molecule has 0 saturated heterocycles. The molecule has 0 atom stereocenters. The van der Waals surface area contributed by atoms with Gasteiger partial charge in [0.1, 0.15) is 0 Å². The number of hydrogen-bond acceptors (Lipinski definition) is 1. The molecular weight excluding hydrogens is 479 g/mol. The first-order valence-electron chi connectivity index (χ1n) is 10.1. The molecule has 142 valence electrons. The normalized spacial score (nSPS) is 11.7. The average Bonchev–Trinajstić information content (AvgIpc) is 2.63. The van der Waals surface area contributed by atoms with Crippen LogP contribution in [0.5, 0.6) is 0 Å². The minimum atomic E-state index is -2.32. The van der Waals surface area contributed by atoms with Crippen LogP contribution in [0.15, 0.2) is 38.9 Å². The van der Waals surface area contributed by atoms with Crippen LogP contribution in [0.2, 0.25) is 13.3 Å². The van der Waals surface area contributed by atoms with E-state index in [1.165, 1.54) is 61.0 Å². The van der Waals surface area contributed by atoms with Gasteiger partial charge in [-0.25, -0.2) is 0 Å². The van der Waals surface area contributed by atoms with Crippen molar-refractivity contribution in [2.45, 2.75) is 79.2 Å². The topological polar surface area (TPSA) is 9.23 Å². The van der Waals surface area contributed by atoms with Crippen LogP contribution in [0.3, 0.4) is 0 Å². The molecule has 0 bridgehead atoms. The summed E-state index contributed by atoms with van der Waals surface area (Å²) in [6, 6.07) is 8.34. The van der Waals surface area contributed by atoms with Crippen molar-refractivity contribution >= 4 is 34.3 Å². The molecule has 25 heavy (non-hydrogen) atoms. The molecule has 1 aromatic carbocycles. The predicted molar refractivity (Wildman–Crippen MR) is 118 cm³/mol. The van der Waals surface area contributed by atoms with E-state index in [0.29, 0.717) is 6.61 Å². The third kappa shape index (κ3) is 8.17. The van der Waals surface area contributed by atoms with Gasteiger partial charge in [-0.05, 0) is 0 Å². The third-order valence-corrected chi connectivity index (χ3v) is 22.0. The van der Waals surface area contributed by atoms with Crippen molar-refractivity contribution in [3.8, 4) is 0 Å². The van der Waals surface area contributed by atoms with Crippen molar-refractivity contribution in [3.63, 3.8) is 0 Å². The van der Waals surface area contributed by atoms with Gasteiger partial charge in [0.2, 0.25) is 0 Å². The van der Waals surface area contributed by atoms with Crippen LogP contribution >= 0.6 is 15.9 Å². The molecule has 0 heterocycles. The van der Waals surface area contributed by atoms with Crippen molar-refractivity contribution in [1.29, 1.82) is 0 Å². The van der Waals surface area contributed by atoms with E-state index in [9.17, 15) is 0 Å². The van der Waals surface area contributed by atoms with Gasteiger partial charge < -0.3 is 0 Å². The summed E-state index contributed by atoms with van der Waals surface area (Å²) in [5.74, 6) is 0. The molecule has 3 heteroatoms. The molecule has 0 unspecified atom stereocenters. The molecule has 0 amide bonds. The van der Waals surface area contributed by atoms with Gasteiger partial charge in [0.15, 0.2) is 0 Å². The Balaban J connectivity index is 2.72. The molecule has 1 rings (SSSR count). The summed E-state index contributed by atoms with van der Waals surface area (Å²) in [6.45, 7) is 13.0. The van der Waals surface area contributed by atoms with E-state index in [1.807, 2.05) is 6.07 Å². The Kier molecular flexibility index (Phi) is 12.4. The van der Waals surface area contributed by atoms with Crippen molar-refractivity contribution in [3.05, 3.63) is 44.5 Å². The second-order valence-corrected chi connectivity index (χ2v) is 21.7. The van der Waals surface area contributed by atoms with Gasteiger partial charge in [-0.15, -0.1) is 0 Å². The van der Waals surface area contributed by atoms with E-state index in [4.69, 9.17) is 4.74 Å². The average molecular weight is 516 g/mol. The summed E-state index contributed by atoms with van der Waals surface area (Å²) in [6.07, 6.45) is 8.07. The van der Waals surface area contributed by atoms with E-state index >= 15 is 0 Å². The van der Waals surface area contributed by atoms with Crippen LogP contribution in [0.4, 0.5) is 0 Å². The molecule has 0 aliphatic rings. The van der Waals surface area contributed by atoms with E-state index in [0.717, 1.165) is 11.1 Å². The maximum absolute atomic E-state index is 6.13. The van der Waals surface area contributed by atoms with Crippen LogP contribution < -0.4 is 0 Å². The summed E-state index contributed by atoms with van der Waals surface area (Å²) in [7, 11) is 0. The molecular formula is C22H37BrOSn. The molecule has 0 aliphatic carbocycles. The number of unbranched alkanes of at least 4 members (excludes halogenated alkanes) is 3. The molecule has 0 aliphatic heterocycles. The van der Waals surface area contributed by atoms with Crippen molar-refractivity contribution in [1.82, 2.24) is 0 Å². The Hall–Kier alpha value is 0.199. The zero-order chi connectivity index (χ0) is 18.5. The second-order valence-electron chi connectivity index (χ2n) is 7.28. The molecule has 0 radical (unpaired) electrons. The Bertz CT molecular complexity index is 479. The van der Waals surface area contributed by atoms with Crippen LogP contribution in [0.1, 0.15) is 64.9 Å². The van der Waals surface area contributed by atoms with Gasteiger partial charge in [-0.3, -0.25) is 0 Å². The van der Waals surface area contributed by atoms with Gasteiger partial charge in [0, 0.05) is 0 Å². The van der Waals surface area contributed by atoms with E-state index in [-0.39, 0.29) is 0 Å². The van der Waals surface area contributed by atoms with Gasteiger partial charge >= 0.3 is 169 Å². The van der Waals surface area contributed by atoms with E-state index in [2.05, 4.69) is 61.5 Å². The standard InChI is InChI=1S/C10H10BrO.3C4H9.Sn/c1-2-7-12-8-9-5-3-4-6-10(9)11;3*1-3-4-2;/h3-6H,1,7-8H2;3*1,3-4H2,2H3;. The summed E-state index contributed by atoms with van der Waals surface area (Å²) in [5.41, 5.74) is 1.23. The SMILES string of the molecule is C=[C](COCc1ccccc1Br)[Sn]([CH2]CCC)([CH2]CCC)[CH2]CCC. The fraction of sp³-hybridized carbons (Fsp3) is 0.636. The summed E-state index contributed by atoms with van der Waals surface area (Å²) >= 11 is 1.29. The number of benzene rings is 1. The molecule has 0 N–H and O–H groups in total. The van der Waals surface area contributed by atoms with Gasteiger partial charge in [-0.1, -0.05) is 0 Å². The van der Waals surface area contributed by atoms with Gasteiger partial charge in [-0.2, -0.15) is 0 Å². The summed E-state index contributed by atoms with van der Waals surface area (Å²) in [4.78, 5) is 0. The molecule has 1 aromatic rings. The van der Waals surface area contributed by atoms with Crippen LogP contribution in [-0.4, -0.2) is 25.0 Å². The third-order valence-electron chi connectivity index (χ3n) is 5.27. The molecule has 1 nitrogen and oxygen atoms in total. The molecule has 0 fully saturated rings. The zero-order valence-electron chi connectivity index (χ0n) is 16.6. The first kappa shape index (κ1) is 23.2. The van der Waals surface area contributed by atoms with Crippen molar-refractivity contribution in [2.24, 2.45) is 0 Å². The summed E-state index contributed by atoms with van der Waals surface area (Å²) in [5, 5.41) is 0. The first-order valence-corrected chi connectivity index (χ1v) is 18.4. The Labute approximate surface area is 168 Å². The number of rotatable bonds is 14. The van der Waals surface area contributed by atoms with Crippen molar-refractivity contribution in [2.75, 3.05) is 6.61 Å². The zero-order valence-corrected chi connectivity index (χ0v) is 21.0. The van der Waals surface area contributed by atoms with E-state index in [1.54, 1.807) is 0 Å². The van der Waals surface area contributed by atoms with Gasteiger partial charge in [0.05, 0.1) is 0 Å². The molecule has 0 aromatic heterocycles. The molecule has 0 saturated carbocycles. The fourth-order valence-corrected chi connectivity index (χ4v) is 19.1. The van der Waals surface area contributed by atoms with Crippen molar-refractivity contribution < 1.29 is 4.74 Å². The quantitative estimate of drug-likeness (QED) is 0.229. The predicted octanol–water partition coefficient (Wildman–Crippen LogP) is 7.91. The Morgan fingerprint density at radius 1 is 0.960 bits per heavy atom. The Morgan fingerprint density at radius 2 is 1.48 bits per heavy atom. The maximum atomic E-state index is 6.13. The summed E-state index contributed by atoms with van der Waals surface area (Å²) < 4.78 is 13.2.